The van der Waals surface area contributed by atoms with Crippen LogP contribution >= 0.6 is 23.2 Å². The minimum absolute atomic E-state index is 0.231. The van der Waals surface area contributed by atoms with E-state index in [1.165, 1.54) is 12.2 Å². The van der Waals surface area contributed by atoms with Gasteiger partial charge in [-0.15, -0.1) is 0 Å². The lowest BCUT2D eigenvalue weighted by Crippen LogP contribution is -2.44. The summed E-state index contributed by atoms with van der Waals surface area (Å²) in [5, 5.41) is 6.09. The van der Waals surface area contributed by atoms with Crippen LogP contribution < -0.4 is 10.6 Å². The third-order valence-electron chi connectivity index (χ3n) is 2.50. The summed E-state index contributed by atoms with van der Waals surface area (Å²) in [6.07, 6.45) is 2.81. The zero-order valence-electron chi connectivity index (χ0n) is 11.2. The minimum atomic E-state index is -0.603. The molecule has 0 aromatic heterocycles. The first kappa shape index (κ1) is 16.5. The van der Waals surface area contributed by atoms with Crippen LogP contribution in [-0.4, -0.2) is 24.4 Å². The minimum Gasteiger partial charge on any atom is -0.355 e. The summed E-state index contributed by atoms with van der Waals surface area (Å²) in [4.78, 5) is 23.2. The van der Waals surface area contributed by atoms with Gasteiger partial charge in [0.05, 0.1) is 0 Å². The molecule has 108 valence electrons. The second-order valence-electron chi connectivity index (χ2n) is 4.09. The number of nitrogens with one attached hydrogen (secondary N) is 2. The first-order valence-corrected chi connectivity index (χ1v) is 6.91. The van der Waals surface area contributed by atoms with Crippen molar-refractivity contribution in [2.45, 2.75) is 19.9 Å². The summed E-state index contributed by atoms with van der Waals surface area (Å²) in [7, 11) is 0. The highest BCUT2D eigenvalue weighted by molar-refractivity contribution is 6.37. The maximum atomic E-state index is 11.7. The van der Waals surface area contributed by atoms with Crippen LogP contribution in [-0.2, 0) is 9.59 Å². The predicted molar refractivity (Wildman–Crippen MR) is 81.8 cm³/mol. The van der Waals surface area contributed by atoms with Gasteiger partial charge in [0.25, 0.3) is 0 Å². The van der Waals surface area contributed by atoms with E-state index in [1.807, 2.05) is 6.92 Å². The van der Waals surface area contributed by atoms with E-state index in [-0.39, 0.29) is 11.8 Å². The first-order chi connectivity index (χ1) is 9.45. The van der Waals surface area contributed by atoms with Gasteiger partial charge in [0, 0.05) is 28.2 Å². The summed E-state index contributed by atoms with van der Waals surface area (Å²) in [6.45, 7) is 3.94. The number of likely N-dealkylation sites (N-methyl/N-ethyl adjacent to an activating group) is 1. The van der Waals surface area contributed by atoms with E-state index in [1.54, 1.807) is 25.1 Å². The Balaban J connectivity index is 2.67. The molecule has 0 saturated heterocycles. The molecule has 1 aromatic carbocycles. The number of hydrogen-bond donors (Lipinski definition) is 2. The van der Waals surface area contributed by atoms with Crippen molar-refractivity contribution in [1.82, 2.24) is 10.6 Å². The summed E-state index contributed by atoms with van der Waals surface area (Å²) in [5.41, 5.74) is 0.566. The van der Waals surface area contributed by atoms with Crippen molar-refractivity contribution in [1.29, 1.82) is 0 Å². The van der Waals surface area contributed by atoms with Crippen LogP contribution in [0.3, 0.4) is 0 Å². The number of carbonyl (C=O) groups excluding carboxylic acids is 2. The molecule has 0 unspecified atom stereocenters. The van der Waals surface area contributed by atoms with Gasteiger partial charge in [-0.05, 0) is 32.1 Å². The fourth-order valence-electron chi connectivity index (χ4n) is 1.48. The van der Waals surface area contributed by atoms with Crippen LogP contribution in [0, 0.1) is 0 Å². The molecular weight excluding hydrogens is 299 g/mol. The van der Waals surface area contributed by atoms with Crippen LogP contribution in [0.25, 0.3) is 6.08 Å². The van der Waals surface area contributed by atoms with E-state index in [2.05, 4.69) is 10.6 Å². The highest BCUT2D eigenvalue weighted by Crippen LogP contribution is 2.25. The quantitative estimate of drug-likeness (QED) is 0.821. The van der Waals surface area contributed by atoms with Crippen molar-refractivity contribution in [3.05, 3.63) is 39.9 Å². The second-order valence-corrected chi connectivity index (χ2v) is 4.91. The Morgan fingerprint density at radius 1 is 1.30 bits per heavy atom. The molecule has 0 fully saturated rings. The average molecular weight is 315 g/mol. The smallest absolute Gasteiger partial charge is 0.244 e. The maximum absolute atomic E-state index is 11.7. The molecule has 0 aliphatic carbocycles. The zero-order chi connectivity index (χ0) is 15.1. The largest absolute Gasteiger partial charge is 0.355 e. The number of hydrogen-bond acceptors (Lipinski definition) is 2. The SMILES string of the molecule is CCNC(=O)[C@H](C)NC(=O)/C=C/c1c(Cl)cccc1Cl. The van der Waals surface area contributed by atoms with E-state index < -0.39 is 6.04 Å². The average Bonchev–Trinajstić information content (AvgIpc) is 2.38. The Kier molecular flexibility index (Phi) is 6.55. The topological polar surface area (TPSA) is 58.2 Å². The van der Waals surface area contributed by atoms with Crippen molar-refractivity contribution in [2.24, 2.45) is 0 Å². The molecule has 0 aliphatic rings. The number of amides is 2. The van der Waals surface area contributed by atoms with Gasteiger partial charge in [-0.3, -0.25) is 9.59 Å². The number of benzene rings is 1. The maximum Gasteiger partial charge on any atom is 0.244 e. The Morgan fingerprint density at radius 2 is 1.90 bits per heavy atom. The van der Waals surface area contributed by atoms with Gasteiger partial charge in [-0.25, -0.2) is 0 Å². The van der Waals surface area contributed by atoms with Gasteiger partial charge in [-0.2, -0.15) is 0 Å². The summed E-state index contributed by atoms with van der Waals surface area (Å²) >= 11 is 12.0. The van der Waals surface area contributed by atoms with E-state index in [9.17, 15) is 9.59 Å². The third kappa shape index (κ3) is 4.87. The van der Waals surface area contributed by atoms with Crippen LogP contribution in [0.1, 0.15) is 19.4 Å². The monoisotopic (exact) mass is 314 g/mol. The molecule has 1 aromatic rings. The van der Waals surface area contributed by atoms with Gasteiger partial charge >= 0.3 is 0 Å². The van der Waals surface area contributed by atoms with Gasteiger partial charge in [-0.1, -0.05) is 29.3 Å². The molecule has 20 heavy (non-hydrogen) atoms. The van der Waals surface area contributed by atoms with Crippen molar-refractivity contribution in [3.8, 4) is 0 Å². The number of rotatable bonds is 5. The molecule has 4 nitrogen and oxygen atoms in total. The summed E-state index contributed by atoms with van der Waals surface area (Å²) in [5.74, 6) is -0.621. The van der Waals surface area contributed by atoms with Crippen LogP contribution in [0.4, 0.5) is 0 Å². The lowest BCUT2D eigenvalue weighted by molar-refractivity contribution is -0.126. The van der Waals surface area contributed by atoms with Crippen molar-refractivity contribution in [2.75, 3.05) is 6.54 Å². The molecular formula is C14H16Cl2N2O2. The molecule has 0 radical (unpaired) electrons. The zero-order valence-corrected chi connectivity index (χ0v) is 12.8. The third-order valence-corrected chi connectivity index (χ3v) is 3.16. The molecule has 2 amide bonds. The van der Waals surface area contributed by atoms with Gasteiger partial charge in [0.2, 0.25) is 11.8 Å². The molecule has 0 saturated carbocycles. The molecule has 0 aliphatic heterocycles. The fourth-order valence-corrected chi connectivity index (χ4v) is 2.01. The second kappa shape index (κ2) is 7.92. The number of carbonyl (C=O) groups is 2. The summed E-state index contributed by atoms with van der Waals surface area (Å²) < 4.78 is 0. The first-order valence-electron chi connectivity index (χ1n) is 6.16. The molecule has 6 heteroatoms. The lowest BCUT2D eigenvalue weighted by Gasteiger charge is -2.11. The highest BCUT2D eigenvalue weighted by Gasteiger charge is 2.13. The molecule has 1 atom stereocenters. The molecule has 2 N–H and O–H groups in total. The van der Waals surface area contributed by atoms with Gasteiger partial charge in [0.1, 0.15) is 6.04 Å². The number of halogens is 2. The molecule has 0 heterocycles. The van der Waals surface area contributed by atoms with E-state index in [4.69, 9.17) is 23.2 Å². The van der Waals surface area contributed by atoms with E-state index in [0.29, 0.717) is 22.2 Å². The molecule has 0 spiro atoms. The highest BCUT2D eigenvalue weighted by atomic mass is 35.5. The van der Waals surface area contributed by atoms with Crippen molar-refractivity contribution < 1.29 is 9.59 Å². The van der Waals surface area contributed by atoms with Crippen molar-refractivity contribution in [3.63, 3.8) is 0 Å². The Labute approximate surface area is 128 Å². The standard InChI is InChI=1S/C14H16Cl2N2O2/c1-3-17-14(20)9(2)18-13(19)8-7-10-11(15)5-4-6-12(10)16/h4-9H,3H2,1-2H3,(H,17,20)(H,18,19)/b8-7+/t9-/m0/s1. The summed E-state index contributed by atoms with van der Waals surface area (Å²) in [6, 6.07) is 4.48. The van der Waals surface area contributed by atoms with E-state index >= 15 is 0 Å². The molecule has 1 rings (SSSR count). The van der Waals surface area contributed by atoms with Crippen LogP contribution in [0.15, 0.2) is 24.3 Å². The molecule has 0 bridgehead atoms. The van der Waals surface area contributed by atoms with Crippen LogP contribution in [0.5, 0.6) is 0 Å². The lowest BCUT2D eigenvalue weighted by atomic mass is 10.2. The Hall–Kier alpha value is -1.52. The van der Waals surface area contributed by atoms with Crippen LogP contribution in [0.2, 0.25) is 10.0 Å². The van der Waals surface area contributed by atoms with E-state index in [0.717, 1.165) is 0 Å². The van der Waals surface area contributed by atoms with Gasteiger partial charge < -0.3 is 10.6 Å². The predicted octanol–water partition coefficient (Wildman–Crippen LogP) is 2.65. The Bertz CT molecular complexity index is 510. The van der Waals surface area contributed by atoms with Crippen molar-refractivity contribution >= 4 is 41.1 Å². The van der Waals surface area contributed by atoms with Gasteiger partial charge in [0.15, 0.2) is 0 Å². The fraction of sp³-hybridized carbons (Fsp3) is 0.286. The normalized spacial score (nSPS) is 12.2. The Morgan fingerprint density at radius 3 is 2.45 bits per heavy atom.